The summed E-state index contributed by atoms with van der Waals surface area (Å²) in [5.74, 6) is -0.882. The number of nitrogens with zero attached hydrogens (tertiary/aromatic N) is 1. The Kier molecular flexibility index (Phi) is 3.73. The van der Waals surface area contributed by atoms with Crippen molar-refractivity contribution in [2.24, 2.45) is 0 Å². The van der Waals surface area contributed by atoms with E-state index in [2.05, 4.69) is 10.1 Å². The van der Waals surface area contributed by atoms with E-state index in [9.17, 15) is 14.4 Å². The van der Waals surface area contributed by atoms with Gasteiger partial charge < -0.3 is 4.74 Å². The van der Waals surface area contributed by atoms with Crippen molar-refractivity contribution in [3.05, 3.63) is 0 Å². The normalized spacial score (nSPS) is 18.1. The quantitative estimate of drug-likeness (QED) is 0.540. The van der Waals surface area contributed by atoms with Crippen molar-refractivity contribution >= 4 is 17.6 Å². The van der Waals surface area contributed by atoms with E-state index in [4.69, 9.17) is 0 Å². The second-order valence-corrected chi connectivity index (χ2v) is 3.09. The Balaban J connectivity index is 2.40. The molecule has 1 heterocycles. The number of amides is 2. The van der Waals surface area contributed by atoms with Gasteiger partial charge in [-0.15, -0.1) is 0 Å². The van der Waals surface area contributed by atoms with Crippen LogP contribution in [0.2, 0.25) is 0 Å². The van der Waals surface area contributed by atoms with Gasteiger partial charge in [0, 0.05) is 7.11 Å². The second kappa shape index (κ2) is 4.83. The summed E-state index contributed by atoms with van der Waals surface area (Å²) in [4.78, 5) is 34.4. The van der Waals surface area contributed by atoms with Gasteiger partial charge in [0.05, 0.1) is 19.6 Å². The van der Waals surface area contributed by atoms with Gasteiger partial charge in [0.2, 0.25) is 11.8 Å². The summed E-state index contributed by atoms with van der Waals surface area (Å²) in [5, 5.41) is 2.15. The number of carbonyl (C=O) groups excluding carboxylic acids is 3. The van der Waals surface area contributed by atoms with Crippen molar-refractivity contribution < 1.29 is 19.1 Å². The Bertz CT molecular complexity index is 248. The molecule has 78 valence electrons. The number of hydrogen-bond acceptors (Lipinski definition) is 5. The average Bonchev–Trinajstić information content (AvgIpc) is 2.01. The summed E-state index contributed by atoms with van der Waals surface area (Å²) < 4.78 is 4.64. The fraction of sp³-hybridized carbons (Fsp3) is 0.625. The molecule has 0 aliphatic carbocycles. The molecule has 0 saturated carbocycles. The number of nitrogens with one attached hydrogen (secondary N) is 1. The molecular weight excluding hydrogens is 188 g/mol. The topological polar surface area (TPSA) is 75.7 Å². The molecule has 14 heavy (non-hydrogen) atoms. The molecule has 0 atom stereocenters. The maximum atomic E-state index is 11.1. The van der Waals surface area contributed by atoms with Crippen LogP contribution in [0.5, 0.6) is 0 Å². The van der Waals surface area contributed by atoms with Crippen molar-refractivity contribution in [2.45, 2.75) is 0 Å². The minimum Gasteiger partial charge on any atom is -0.377 e. The second-order valence-electron chi connectivity index (χ2n) is 3.09. The number of piperazine rings is 1. The van der Waals surface area contributed by atoms with Gasteiger partial charge in [-0.25, -0.2) is 0 Å². The summed E-state index contributed by atoms with van der Waals surface area (Å²) in [6.45, 7) is 0.252. The van der Waals surface area contributed by atoms with Gasteiger partial charge in [0.1, 0.15) is 6.61 Å². The molecule has 0 radical (unpaired) electrons. The molecule has 0 bridgehead atoms. The zero-order chi connectivity index (χ0) is 10.6. The lowest BCUT2D eigenvalue weighted by Gasteiger charge is -2.24. The Morgan fingerprint density at radius 3 is 2.50 bits per heavy atom. The highest BCUT2D eigenvalue weighted by Gasteiger charge is 2.23. The number of methoxy groups -OCH3 is 1. The maximum Gasteiger partial charge on any atom is 0.240 e. The zero-order valence-electron chi connectivity index (χ0n) is 7.91. The van der Waals surface area contributed by atoms with Crippen molar-refractivity contribution in [1.82, 2.24) is 10.2 Å². The molecule has 0 spiro atoms. The molecule has 1 N–H and O–H groups in total. The highest BCUT2D eigenvalue weighted by atomic mass is 16.5. The van der Waals surface area contributed by atoms with Crippen LogP contribution >= 0.6 is 0 Å². The first-order valence-corrected chi connectivity index (χ1v) is 4.17. The molecule has 0 aromatic heterocycles. The van der Waals surface area contributed by atoms with Gasteiger partial charge in [-0.2, -0.15) is 0 Å². The van der Waals surface area contributed by atoms with E-state index in [-0.39, 0.29) is 43.8 Å². The Morgan fingerprint density at radius 1 is 1.43 bits per heavy atom. The van der Waals surface area contributed by atoms with Crippen LogP contribution in [0.3, 0.4) is 0 Å². The van der Waals surface area contributed by atoms with E-state index in [0.29, 0.717) is 0 Å². The molecule has 0 unspecified atom stereocenters. The van der Waals surface area contributed by atoms with Crippen LogP contribution in [-0.4, -0.2) is 55.8 Å². The standard InChI is InChI=1S/C8H12N2O4/c1-14-5-6(11)2-10-3-7(12)9-8(13)4-10/h2-5H2,1H3,(H,9,12,13). The van der Waals surface area contributed by atoms with Crippen LogP contribution in [0.4, 0.5) is 0 Å². The molecule has 1 saturated heterocycles. The minimum absolute atomic E-state index is 0.00626. The molecule has 1 aliphatic rings. The number of carbonyl (C=O) groups is 3. The fourth-order valence-electron chi connectivity index (χ4n) is 1.26. The SMILES string of the molecule is COCC(=O)CN1CC(=O)NC(=O)C1. The third-order valence-electron chi connectivity index (χ3n) is 1.72. The third kappa shape index (κ3) is 3.23. The van der Waals surface area contributed by atoms with Crippen LogP contribution in [-0.2, 0) is 19.1 Å². The smallest absolute Gasteiger partial charge is 0.240 e. The molecule has 0 aromatic rings. The number of ether oxygens (including phenoxy) is 1. The lowest BCUT2D eigenvalue weighted by molar-refractivity contribution is -0.137. The monoisotopic (exact) mass is 200 g/mol. The van der Waals surface area contributed by atoms with Crippen LogP contribution in [0.25, 0.3) is 0 Å². The fourth-order valence-corrected chi connectivity index (χ4v) is 1.26. The Labute approximate surface area is 81.2 Å². The highest BCUT2D eigenvalue weighted by Crippen LogP contribution is 1.94. The van der Waals surface area contributed by atoms with Gasteiger partial charge in [-0.3, -0.25) is 24.6 Å². The van der Waals surface area contributed by atoms with Gasteiger partial charge in [0.25, 0.3) is 0 Å². The summed E-state index contributed by atoms with van der Waals surface area (Å²) in [5.41, 5.74) is 0. The molecule has 0 aromatic carbocycles. The van der Waals surface area contributed by atoms with E-state index < -0.39 is 0 Å². The molecule has 1 fully saturated rings. The molecule has 6 nitrogen and oxygen atoms in total. The summed E-state index contributed by atoms with van der Waals surface area (Å²) >= 11 is 0. The molecular formula is C8H12N2O4. The van der Waals surface area contributed by atoms with Gasteiger partial charge in [-0.1, -0.05) is 0 Å². The number of ketones is 1. The zero-order valence-corrected chi connectivity index (χ0v) is 7.91. The van der Waals surface area contributed by atoms with E-state index >= 15 is 0 Å². The average molecular weight is 200 g/mol. The Hall–Kier alpha value is -1.27. The van der Waals surface area contributed by atoms with Gasteiger partial charge in [-0.05, 0) is 0 Å². The number of rotatable bonds is 4. The van der Waals surface area contributed by atoms with Crippen molar-refractivity contribution in [2.75, 3.05) is 33.4 Å². The molecule has 1 aliphatic heterocycles. The third-order valence-corrected chi connectivity index (χ3v) is 1.72. The molecule has 2 amide bonds. The van der Waals surface area contributed by atoms with E-state index in [0.717, 1.165) is 0 Å². The van der Waals surface area contributed by atoms with Crippen LogP contribution in [0, 0.1) is 0 Å². The largest absolute Gasteiger partial charge is 0.377 e. The number of imide groups is 1. The predicted molar refractivity (Wildman–Crippen MR) is 46.5 cm³/mol. The van der Waals surface area contributed by atoms with E-state index in [1.807, 2.05) is 0 Å². The first-order valence-electron chi connectivity index (χ1n) is 4.17. The lowest BCUT2D eigenvalue weighted by atomic mass is 10.3. The summed E-state index contributed by atoms with van der Waals surface area (Å²) in [6, 6.07) is 0. The Morgan fingerprint density at radius 2 is 2.00 bits per heavy atom. The van der Waals surface area contributed by atoms with Crippen LogP contribution in [0.1, 0.15) is 0 Å². The van der Waals surface area contributed by atoms with Gasteiger partial charge >= 0.3 is 0 Å². The first kappa shape index (κ1) is 10.8. The van der Waals surface area contributed by atoms with Crippen LogP contribution < -0.4 is 5.32 Å². The lowest BCUT2D eigenvalue weighted by Crippen LogP contribution is -2.52. The minimum atomic E-state index is -0.369. The predicted octanol–water partition coefficient (Wildman–Crippen LogP) is -1.84. The van der Waals surface area contributed by atoms with E-state index in [1.54, 1.807) is 0 Å². The van der Waals surface area contributed by atoms with E-state index in [1.165, 1.54) is 12.0 Å². The van der Waals surface area contributed by atoms with Crippen molar-refractivity contribution in [1.29, 1.82) is 0 Å². The number of Topliss-reactive ketones (excluding diaryl/α,β-unsaturated/α-hetero) is 1. The van der Waals surface area contributed by atoms with Crippen molar-refractivity contribution in [3.8, 4) is 0 Å². The number of hydrogen-bond donors (Lipinski definition) is 1. The summed E-state index contributed by atoms with van der Waals surface area (Å²) in [6.07, 6.45) is 0. The maximum absolute atomic E-state index is 11.1. The molecule has 1 rings (SSSR count). The highest BCUT2D eigenvalue weighted by molar-refractivity contribution is 5.99. The summed E-state index contributed by atoms with van der Waals surface area (Å²) in [7, 11) is 1.42. The van der Waals surface area contributed by atoms with Gasteiger partial charge in [0.15, 0.2) is 5.78 Å². The van der Waals surface area contributed by atoms with Crippen LogP contribution in [0.15, 0.2) is 0 Å². The van der Waals surface area contributed by atoms with Crippen molar-refractivity contribution in [3.63, 3.8) is 0 Å². The molecule has 6 heteroatoms. The first-order chi connectivity index (χ1) is 6.61.